The molecule has 0 atom stereocenters. The smallest absolute Gasteiger partial charge is 0.333 e. The number of hydrogen-bond acceptors (Lipinski definition) is 6. The summed E-state index contributed by atoms with van der Waals surface area (Å²) in [5.41, 5.74) is 0.386. The van der Waals surface area contributed by atoms with Gasteiger partial charge in [0.2, 0.25) is 6.79 Å². The van der Waals surface area contributed by atoms with Crippen LogP contribution in [0.1, 0.15) is 19.4 Å². The molecule has 0 N–H and O–H groups in total. The fourth-order valence-corrected chi connectivity index (χ4v) is 1.76. The molecule has 0 saturated carbocycles. The van der Waals surface area contributed by atoms with Crippen LogP contribution in [0.2, 0.25) is 0 Å². The second-order valence-electron chi connectivity index (χ2n) is 4.07. The molecule has 0 aliphatic carbocycles. The van der Waals surface area contributed by atoms with Gasteiger partial charge in [0.1, 0.15) is 0 Å². The van der Waals surface area contributed by atoms with Crippen LogP contribution in [0.25, 0.3) is 6.08 Å². The molecule has 0 aromatic heterocycles. The number of rotatable bonds is 4. The van der Waals surface area contributed by atoms with Crippen molar-refractivity contribution in [3.05, 3.63) is 33.4 Å². The Hall–Kier alpha value is -2.57. The van der Waals surface area contributed by atoms with Crippen molar-refractivity contribution >= 4 is 17.7 Å². The van der Waals surface area contributed by atoms with Crippen molar-refractivity contribution in [2.45, 2.75) is 13.8 Å². The van der Waals surface area contributed by atoms with Crippen molar-refractivity contribution in [2.24, 2.45) is 0 Å². The van der Waals surface area contributed by atoms with Gasteiger partial charge in [-0.1, -0.05) is 0 Å². The highest BCUT2D eigenvalue weighted by Crippen LogP contribution is 2.38. The molecule has 7 heteroatoms. The van der Waals surface area contributed by atoms with Crippen molar-refractivity contribution in [3.8, 4) is 11.5 Å². The first-order chi connectivity index (χ1) is 9.52. The van der Waals surface area contributed by atoms with Gasteiger partial charge in [0.15, 0.2) is 11.5 Å². The van der Waals surface area contributed by atoms with Gasteiger partial charge in [0.05, 0.1) is 23.2 Å². The SMILES string of the molecule is CCOC(=O)/C(C)=C/c1cc2c(cc1[N+](=O)[O-])OCO2. The molecule has 2 rings (SSSR count). The molecule has 0 spiro atoms. The number of hydrogen-bond donors (Lipinski definition) is 0. The van der Waals surface area contributed by atoms with E-state index in [-0.39, 0.29) is 30.2 Å². The highest BCUT2D eigenvalue weighted by molar-refractivity contribution is 5.93. The number of ether oxygens (including phenoxy) is 3. The van der Waals surface area contributed by atoms with Gasteiger partial charge in [-0.15, -0.1) is 0 Å². The molecule has 0 bridgehead atoms. The van der Waals surface area contributed by atoms with Crippen molar-refractivity contribution in [3.63, 3.8) is 0 Å². The second kappa shape index (κ2) is 5.60. The number of fused-ring (bicyclic) bond motifs is 1. The van der Waals surface area contributed by atoms with Crippen molar-refractivity contribution in [1.29, 1.82) is 0 Å². The average molecular weight is 279 g/mol. The molecule has 1 aromatic carbocycles. The van der Waals surface area contributed by atoms with Crippen LogP contribution in [0, 0.1) is 10.1 Å². The molecular weight excluding hydrogens is 266 g/mol. The summed E-state index contributed by atoms with van der Waals surface area (Å²) in [5, 5.41) is 11.1. The Morgan fingerprint density at radius 1 is 1.45 bits per heavy atom. The number of esters is 1. The summed E-state index contributed by atoms with van der Waals surface area (Å²) in [6.45, 7) is 3.49. The minimum absolute atomic E-state index is 0.0243. The van der Waals surface area contributed by atoms with E-state index in [1.165, 1.54) is 25.1 Å². The lowest BCUT2D eigenvalue weighted by atomic mass is 10.1. The normalized spacial score (nSPS) is 13.2. The molecule has 0 radical (unpaired) electrons. The lowest BCUT2D eigenvalue weighted by molar-refractivity contribution is -0.385. The molecule has 106 valence electrons. The number of benzene rings is 1. The summed E-state index contributed by atoms with van der Waals surface area (Å²) in [6, 6.07) is 2.76. The third-order valence-corrected chi connectivity index (χ3v) is 2.69. The van der Waals surface area contributed by atoms with Gasteiger partial charge in [-0.2, -0.15) is 0 Å². The Kier molecular flexibility index (Phi) is 3.88. The Bertz CT molecular complexity index is 593. The van der Waals surface area contributed by atoms with Crippen molar-refractivity contribution < 1.29 is 23.9 Å². The van der Waals surface area contributed by atoms with E-state index in [9.17, 15) is 14.9 Å². The molecule has 1 aliphatic heterocycles. The number of nitro groups is 1. The topological polar surface area (TPSA) is 87.9 Å². The molecule has 0 saturated heterocycles. The van der Waals surface area contributed by atoms with Gasteiger partial charge in [-0.05, 0) is 26.0 Å². The van der Waals surface area contributed by atoms with Crippen LogP contribution < -0.4 is 9.47 Å². The number of nitro benzene ring substituents is 1. The van der Waals surface area contributed by atoms with Crippen LogP contribution in [-0.2, 0) is 9.53 Å². The van der Waals surface area contributed by atoms with Gasteiger partial charge < -0.3 is 14.2 Å². The maximum atomic E-state index is 11.5. The van der Waals surface area contributed by atoms with Crippen molar-refractivity contribution in [2.75, 3.05) is 13.4 Å². The summed E-state index contributed by atoms with van der Waals surface area (Å²) in [7, 11) is 0. The van der Waals surface area contributed by atoms with Gasteiger partial charge in [0.25, 0.3) is 5.69 Å². The Balaban J connectivity index is 2.42. The van der Waals surface area contributed by atoms with Crippen LogP contribution in [0.5, 0.6) is 11.5 Å². The first-order valence-corrected chi connectivity index (χ1v) is 5.96. The highest BCUT2D eigenvalue weighted by atomic mass is 16.7. The molecule has 20 heavy (non-hydrogen) atoms. The molecule has 0 amide bonds. The number of carbonyl (C=O) groups excluding carboxylic acids is 1. The first kappa shape index (κ1) is 13.9. The van der Waals surface area contributed by atoms with Crippen LogP contribution in [0.15, 0.2) is 17.7 Å². The largest absolute Gasteiger partial charge is 0.463 e. The van der Waals surface area contributed by atoms with Crippen LogP contribution in [-0.4, -0.2) is 24.3 Å². The van der Waals surface area contributed by atoms with Gasteiger partial charge in [0, 0.05) is 5.57 Å². The summed E-state index contributed by atoms with van der Waals surface area (Å²) < 4.78 is 15.1. The van der Waals surface area contributed by atoms with E-state index >= 15 is 0 Å². The molecule has 0 unspecified atom stereocenters. The van der Waals surface area contributed by atoms with Gasteiger partial charge >= 0.3 is 5.97 Å². The van der Waals surface area contributed by atoms with E-state index in [0.717, 1.165) is 0 Å². The zero-order valence-electron chi connectivity index (χ0n) is 11.0. The van der Waals surface area contributed by atoms with E-state index in [2.05, 4.69) is 0 Å². The minimum atomic E-state index is -0.535. The van der Waals surface area contributed by atoms with Crippen molar-refractivity contribution in [1.82, 2.24) is 0 Å². The van der Waals surface area contributed by atoms with E-state index in [1.807, 2.05) is 0 Å². The molecule has 0 fully saturated rings. The highest BCUT2D eigenvalue weighted by Gasteiger charge is 2.22. The summed E-state index contributed by atoms with van der Waals surface area (Å²) in [6.07, 6.45) is 1.40. The molecule has 1 heterocycles. The Morgan fingerprint density at radius 3 is 2.70 bits per heavy atom. The first-order valence-electron chi connectivity index (χ1n) is 5.96. The van der Waals surface area contributed by atoms with Gasteiger partial charge in [-0.3, -0.25) is 10.1 Å². The third-order valence-electron chi connectivity index (χ3n) is 2.69. The predicted molar refractivity (Wildman–Crippen MR) is 69.5 cm³/mol. The van der Waals surface area contributed by atoms with E-state index in [4.69, 9.17) is 14.2 Å². The van der Waals surface area contributed by atoms with E-state index < -0.39 is 10.9 Å². The fourth-order valence-electron chi connectivity index (χ4n) is 1.76. The lowest BCUT2D eigenvalue weighted by Gasteiger charge is -2.04. The Labute approximate surface area is 114 Å². The second-order valence-corrected chi connectivity index (χ2v) is 4.07. The van der Waals surface area contributed by atoms with Crippen LogP contribution in [0.4, 0.5) is 5.69 Å². The number of carbonyl (C=O) groups is 1. The zero-order chi connectivity index (χ0) is 14.7. The van der Waals surface area contributed by atoms with Crippen LogP contribution >= 0.6 is 0 Å². The van der Waals surface area contributed by atoms with E-state index in [1.54, 1.807) is 6.92 Å². The third kappa shape index (κ3) is 2.71. The lowest BCUT2D eigenvalue weighted by Crippen LogP contribution is -2.05. The maximum absolute atomic E-state index is 11.5. The molecular formula is C13H13NO6. The van der Waals surface area contributed by atoms with E-state index in [0.29, 0.717) is 11.5 Å². The molecule has 1 aliphatic rings. The fraction of sp³-hybridized carbons (Fsp3) is 0.308. The Morgan fingerprint density at radius 2 is 2.10 bits per heavy atom. The van der Waals surface area contributed by atoms with Crippen LogP contribution in [0.3, 0.4) is 0 Å². The average Bonchev–Trinajstić information content (AvgIpc) is 2.84. The maximum Gasteiger partial charge on any atom is 0.333 e. The monoisotopic (exact) mass is 279 g/mol. The minimum Gasteiger partial charge on any atom is -0.463 e. The predicted octanol–water partition coefficient (Wildman–Crippen LogP) is 2.29. The summed E-state index contributed by atoms with van der Waals surface area (Å²) in [5.74, 6) is 0.223. The molecule has 7 nitrogen and oxygen atoms in total. The number of nitrogens with zero attached hydrogens (tertiary/aromatic N) is 1. The standard InChI is InChI=1S/C13H13NO6/c1-3-18-13(15)8(2)4-9-5-11-12(20-7-19-11)6-10(9)14(16)17/h4-6H,3,7H2,1-2H3/b8-4+. The quantitative estimate of drug-likeness (QED) is 0.363. The summed E-state index contributed by atoms with van der Waals surface area (Å²) in [4.78, 5) is 22.1. The van der Waals surface area contributed by atoms with Gasteiger partial charge in [-0.25, -0.2) is 4.79 Å². The summed E-state index contributed by atoms with van der Waals surface area (Å²) >= 11 is 0. The molecule has 1 aromatic rings. The zero-order valence-corrected chi connectivity index (χ0v) is 11.0.